The highest BCUT2D eigenvalue weighted by atomic mass is 35.5. The van der Waals surface area contributed by atoms with Crippen molar-refractivity contribution in [3.05, 3.63) is 28.8 Å². The van der Waals surface area contributed by atoms with Crippen molar-refractivity contribution in [3.63, 3.8) is 0 Å². The van der Waals surface area contributed by atoms with E-state index in [-0.39, 0.29) is 5.02 Å². The van der Waals surface area contributed by atoms with Crippen LogP contribution in [0.3, 0.4) is 0 Å². The van der Waals surface area contributed by atoms with Crippen LogP contribution in [0.15, 0.2) is 23.1 Å². The lowest BCUT2D eigenvalue weighted by Crippen LogP contribution is -2.37. The van der Waals surface area contributed by atoms with E-state index < -0.39 is 45.3 Å². The van der Waals surface area contributed by atoms with Crippen LogP contribution in [0.25, 0.3) is 0 Å². The van der Waals surface area contributed by atoms with Gasteiger partial charge in [0.25, 0.3) is 0 Å². The lowest BCUT2D eigenvalue weighted by molar-refractivity contribution is -0.146. The first-order valence-corrected chi connectivity index (χ1v) is 7.08. The van der Waals surface area contributed by atoms with Crippen molar-refractivity contribution < 1.29 is 36.6 Å². The van der Waals surface area contributed by atoms with Gasteiger partial charge in [0.15, 0.2) is 6.10 Å². The van der Waals surface area contributed by atoms with Crippen molar-refractivity contribution >= 4 is 27.6 Å². The molecule has 0 amide bonds. The van der Waals surface area contributed by atoms with Gasteiger partial charge in [-0.1, -0.05) is 11.6 Å². The van der Waals surface area contributed by atoms with E-state index in [0.29, 0.717) is 12.1 Å². The van der Waals surface area contributed by atoms with Gasteiger partial charge in [-0.15, -0.1) is 0 Å². The largest absolute Gasteiger partial charge is 0.479 e. The van der Waals surface area contributed by atoms with Crippen LogP contribution in [0.1, 0.15) is 5.56 Å². The Balaban J connectivity index is 3.17. The number of carboxylic acids is 1. The Bertz CT molecular complexity index is 647. The highest BCUT2D eigenvalue weighted by Crippen LogP contribution is 2.35. The quantitative estimate of drug-likeness (QED) is 0.739. The molecule has 0 aliphatic carbocycles. The molecule has 3 N–H and O–H groups in total. The van der Waals surface area contributed by atoms with E-state index in [0.717, 1.165) is 6.07 Å². The molecule has 0 radical (unpaired) electrons. The average molecular weight is 348 g/mol. The van der Waals surface area contributed by atoms with Gasteiger partial charge >= 0.3 is 12.1 Å². The zero-order chi connectivity index (χ0) is 16.4. The average Bonchev–Trinajstić information content (AvgIpc) is 2.34. The summed E-state index contributed by atoms with van der Waals surface area (Å²) in [5.74, 6) is -1.72. The van der Waals surface area contributed by atoms with Crippen LogP contribution < -0.4 is 4.72 Å². The summed E-state index contributed by atoms with van der Waals surface area (Å²) >= 11 is 5.41. The molecule has 1 aromatic carbocycles. The summed E-state index contributed by atoms with van der Waals surface area (Å²) in [6, 6.07) is 2.02. The topological polar surface area (TPSA) is 104 Å². The molecule has 0 heterocycles. The molecule has 1 aromatic rings. The minimum absolute atomic E-state index is 0.313. The Hall–Kier alpha value is -1.36. The fourth-order valence-corrected chi connectivity index (χ4v) is 2.73. The van der Waals surface area contributed by atoms with Crippen molar-refractivity contribution in [3.8, 4) is 0 Å². The first kappa shape index (κ1) is 17.7. The molecule has 0 aliphatic rings. The molecule has 1 atom stereocenters. The van der Waals surface area contributed by atoms with Gasteiger partial charge in [0.05, 0.1) is 10.5 Å². The zero-order valence-corrected chi connectivity index (χ0v) is 11.6. The number of alkyl halides is 3. The molecule has 0 fully saturated rings. The SMILES string of the molecule is O=C(O)[C@@H](O)CNS(=O)(=O)c1ccc(Cl)cc1C(F)(F)F. The summed E-state index contributed by atoms with van der Waals surface area (Å²) in [6.07, 6.45) is -7.05. The molecular weight excluding hydrogens is 339 g/mol. The van der Waals surface area contributed by atoms with Crippen molar-refractivity contribution in [2.45, 2.75) is 17.2 Å². The summed E-state index contributed by atoms with van der Waals surface area (Å²) in [6.45, 7) is -0.975. The van der Waals surface area contributed by atoms with Crippen LogP contribution >= 0.6 is 11.6 Å². The van der Waals surface area contributed by atoms with Crippen LogP contribution in [0.5, 0.6) is 0 Å². The molecule has 0 saturated carbocycles. The third-order valence-electron chi connectivity index (χ3n) is 2.29. The van der Waals surface area contributed by atoms with E-state index in [1.165, 1.54) is 0 Å². The molecule has 21 heavy (non-hydrogen) atoms. The Morgan fingerprint density at radius 2 is 1.95 bits per heavy atom. The second-order valence-corrected chi connectivity index (χ2v) is 6.02. The van der Waals surface area contributed by atoms with Crippen LogP contribution in [0, 0.1) is 0 Å². The maximum absolute atomic E-state index is 12.8. The normalized spacial score (nSPS) is 14.0. The third kappa shape index (κ3) is 4.56. The van der Waals surface area contributed by atoms with E-state index in [1.807, 2.05) is 0 Å². The smallest absolute Gasteiger partial charge is 0.417 e. The van der Waals surface area contributed by atoms with Crippen molar-refractivity contribution in [1.82, 2.24) is 4.72 Å². The number of nitrogens with one attached hydrogen (secondary N) is 1. The van der Waals surface area contributed by atoms with Crippen LogP contribution in [-0.4, -0.2) is 37.2 Å². The number of sulfonamides is 1. The predicted molar refractivity (Wildman–Crippen MR) is 65.3 cm³/mol. The maximum atomic E-state index is 12.8. The summed E-state index contributed by atoms with van der Waals surface area (Å²) in [5.41, 5.74) is -1.49. The van der Waals surface area contributed by atoms with Crippen LogP contribution in [-0.2, 0) is 21.0 Å². The minimum Gasteiger partial charge on any atom is -0.479 e. The Morgan fingerprint density at radius 1 is 1.38 bits per heavy atom. The van der Waals surface area contributed by atoms with Gasteiger partial charge < -0.3 is 10.2 Å². The highest BCUT2D eigenvalue weighted by Gasteiger charge is 2.37. The molecule has 0 bridgehead atoms. The van der Waals surface area contributed by atoms with Crippen molar-refractivity contribution in [2.75, 3.05) is 6.54 Å². The zero-order valence-electron chi connectivity index (χ0n) is 10.1. The molecule has 118 valence electrons. The summed E-state index contributed by atoms with van der Waals surface area (Å²) in [4.78, 5) is 9.23. The molecule has 11 heteroatoms. The molecular formula is C10H9ClF3NO5S. The lowest BCUT2D eigenvalue weighted by atomic mass is 10.2. The Labute approximate surface area is 122 Å². The summed E-state index contributed by atoms with van der Waals surface area (Å²) < 4.78 is 63.5. The molecule has 0 unspecified atom stereocenters. The molecule has 0 aliphatic heterocycles. The van der Waals surface area contributed by atoms with Crippen molar-refractivity contribution in [1.29, 1.82) is 0 Å². The maximum Gasteiger partial charge on any atom is 0.417 e. The molecule has 0 aromatic heterocycles. The number of carboxylic acid groups (broad SMARTS) is 1. The lowest BCUT2D eigenvalue weighted by Gasteiger charge is -2.14. The van der Waals surface area contributed by atoms with E-state index in [4.69, 9.17) is 21.8 Å². The van der Waals surface area contributed by atoms with Crippen molar-refractivity contribution in [2.24, 2.45) is 0 Å². The van der Waals surface area contributed by atoms with E-state index >= 15 is 0 Å². The fourth-order valence-electron chi connectivity index (χ4n) is 1.31. The van der Waals surface area contributed by atoms with Gasteiger partial charge in [-0.25, -0.2) is 17.9 Å². The van der Waals surface area contributed by atoms with Gasteiger partial charge in [0, 0.05) is 11.6 Å². The Kier molecular flexibility index (Phi) is 5.20. The number of benzene rings is 1. The van der Waals surface area contributed by atoms with Crippen LogP contribution in [0.2, 0.25) is 5.02 Å². The second-order valence-electron chi connectivity index (χ2n) is 3.84. The number of aliphatic hydroxyl groups is 1. The Morgan fingerprint density at radius 3 is 2.43 bits per heavy atom. The molecule has 1 rings (SSSR count). The third-order valence-corrected chi connectivity index (χ3v) is 4.01. The van der Waals surface area contributed by atoms with Crippen LogP contribution in [0.4, 0.5) is 13.2 Å². The van der Waals surface area contributed by atoms with E-state index in [2.05, 4.69) is 0 Å². The van der Waals surface area contributed by atoms with Gasteiger partial charge in [0.2, 0.25) is 10.0 Å². The van der Waals surface area contributed by atoms with Gasteiger partial charge in [-0.3, -0.25) is 0 Å². The van der Waals surface area contributed by atoms with Gasteiger partial charge in [0.1, 0.15) is 0 Å². The van der Waals surface area contributed by atoms with Gasteiger partial charge in [-0.2, -0.15) is 13.2 Å². The monoisotopic (exact) mass is 347 g/mol. The first-order valence-electron chi connectivity index (χ1n) is 5.22. The van der Waals surface area contributed by atoms with Gasteiger partial charge in [-0.05, 0) is 18.2 Å². The number of carbonyl (C=O) groups is 1. The standard InChI is InChI=1S/C10H9ClF3NO5S/c11-5-1-2-8(6(3-5)10(12,13)14)21(19,20)15-4-7(16)9(17)18/h1-3,7,15-16H,4H2,(H,17,18)/t7-/m0/s1. The summed E-state index contributed by atoms with van der Waals surface area (Å²) in [5, 5.41) is 17.0. The predicted octanol–water partition coefficient (Wildman–Crippen LogP) is 1.08. The number of rotatable bonds is 5. The molecule has 0 spiro atoms. The molecule has 0 saturated heterocycles. The number of hydrogen-bond donors (Lipinski definition) is 3. The number of aliphatic hydroxyl groups excluding tert-OH is 1. The number of halogens is 4. The summed E-state index contributed by atoms with van der Waals surface area (Å²) in [7, 11) is -4.67. The number of aliphatic carboxylic acids is 1. The second kappa shape index (κ2) is 6.18. The molecule has 6 nitrogen and oxygen atoms in total. The van der Waals surface area contributed by atoms with E-state index in [9.17, 15) is 26.4 Å². The van der Waals surface area contributed by atoms with E-state index in [1.54, 1.807) is 4.72 Å². The number of hydrogen-bond acceptors (Lipinski definition) is 4. The minimum atomic E-state index is -4.97. The first-order chi connectivity index (χ1) is 9.45. The fraction of sp³-hybridized carbons (Fsp3) is 0.300. The highest BCUT2D eigenvalue weighted by molar-refractivity contribution is 7.89.